The fourth-order valence-electron chi connectivity index (χ4n) is 1.76. The van der Waals surface area contributed by atoms with Crippen molar-refractivity contribution in [2.75, 3.05) is 12.4 Å². The van der Waals surface area contributed by atoms with Crippen LogP contribution in [-0.4, -0.2) is 13.0 Å². The van der Waals surface area contributed by atoms with Crippen molar-refractivity contribution in [2.24, 2.45) is 0 Å². The van der Waals surface area contributed by atoms with Gasteiger partial charge < -0.3 is 10.6 Å². The van der Waals surface area contributed by atoms with Crippen LogP contribution in [0.1, 0.15) is 15.9 Å². The monoisotopic (exact) mass is 292 g/mol. The molecule has 3 nitrogen and oxygen atoms in total. The van der Waals surface area contributed by atoms with Crippen molar-refractivity contribution >= 4 is 23.2 Å². The second-order valence-corrected chi connectivity index (χ2v) is 4.68. The van der Waals surface area contributed by atoms with Crippen LogP contribution >= 0.6 is 11.6 Å². The molecule has 0 atom stereocenters. The Kier molecular flexibility index (Phi) is 4.58. The van der Waals surface area contributed by atoms with Crippen LogP contribution in [0.4, 0.5) is 10.1 Å². The first-order valence-electron chi connectivity index (χ1n) is 6.10. The Morgan fingerprint density at radius 1 is 1.20 bits per heavy atom. The first-order valence-corrected chi connectivity index (χ1v) is 6.48. The molecule has 0 heterocycles. The molecule has 0 radical (unpaired) electrons. The van der Waals surface area contributed by atoms with E-state index in [-0.39, 0.29) is 11.7 Å². The number of hydrogen-bond donors (Lipinski definition) is 2. The van der Waals surface area contributed by atoms with Gasteiger partial charge in [-0.2, -0.15) is 0 Å². The SMILES string of the molecule is CNC(=O)c1ccc(NCc2cc(Cl)ccc2F)cc1. The Bertz CT molecular complexity index is 614. The van der Waals surface area contributed by atoms with Crippen molar-refractivity contribution in [3.8, 4) is 0 Å². The van der Waals surface area contributed by atoms with E-state index in [2.05, 4.69) is 10.6 Å². The van der Waals surface area contributed by atoms with Gasteiger partial charge in [0.1, 0.15) is 5.82 Å². The number of halogens is 2. The fraction of sp³-hybridized carbons (Fsp3) is 0.133. The summed E-state index contributed by atoms with van der Waals surface area (Å²) in [5.41, 5.74) is 1.87. The average molecular weight is 293 g/mol. The maximum absolute atomic E-state index is 13.5. The third kappa shape index (κ3) is 3.48. The number of anilines is 1. The predicted molar refractivity (Wildman–Crippen MR) is 78.6 cm³/mol. The number of amides is 1. The second-order valence-electron chi connectivity index (χ2n) is 4.25. The number of rotatable bonds is 4. The van der Waals surface area contributed by atoms with Gasteiger partial charge in [0.05, 0.1) is 0 Å². The Morgan fingerprint density at radius 2 is 1.90 bits per heavy atom. The highest BCUT2D eigenvalue weighted by atomic mass is 35.5. The van der Waals surface area contributed by atoms with Crippen molar-refractivity contribution in [1.82, 2.24) is 5.32 Å². The molecular formula is C15H14ClFN2O. The molecule has 2 aromatic carbocycles. The van der Waals surface area contributed by atoms with Gasteiger partial charge in [-0.25, -0.2) is 4.39 Å². The number of carbonyl (C=O) groups excluding carboxylic acids is 1. The molecule has 1 amide bonds. The van der Waals surface area contributed by atoms with Gasteiger partial charge in [-0.1, -0.05) is 11.6 Å². The minimum atomic E-state index is -0.302. The van der Waals surface area contributed by atoms with E-state index in [1.54, 1.807) is 37.4 Å². The molecule has 0 aromatic heterocycles. The summed E-state index contributed by atoms with van der Waals surface area (Å²) < 4.78 is 13.5. The van der Waals surface area contributed by atoms with Crippen LogP contribution in [0.25, 0.3) is 0 Å². The first-order chi connectivity index (χ1) is 9.60. The molecule has 104 valence electrons. The highest BCUT2D eigenvalue weighted by molar-refractivity contribution is 6.30. The van der Waals surface area contributed by atoms with Crippen LogP contribution in [0.2, 0.25) is 5.02 Å². The maximum Gasteiger partial charge on any atom is 0.251 e. The number of hydrogen-bond acceptors (Lipinski definition) is 2. The Balaban J connectivity index is 2.04. The van der Waals surface area contributed by atoms with E-state index in [1.165, 1.54) is 12.1 Å². The number of carbonyl (C=O) groups is 1. The van der Waals surface area contributed by atoms with Gasteiger partial charge in [-0.05, 0) is 42.5 Å². The van der Waals surface area contributed by atoms with Crippen LogP contribution in [0, 0.1) is 5.82 Å². The molecule has 0 saturated heterocycles. The predicted octanol–water partition coefficient (Wildman–Crippen LogP) is 3.45. The van der Waals surface area contributed by atoms with Gasteiger partial charge in [0.25, 0.3) is 5.91 Å². The summed E-state index contributed by atoms with van der Waals surface area (Å²) in [6.45, 7) is 0.325. The summed E-state index contributed by atoms with van der Waals surface area (Å²) in [6, 6.07) is 11.4. The largest absolute Gasteiger partial charge is 0.381 e. The van der Waals surface area contributed by atoms with E-state index in [4.69, 9.17) is 11.6 Å². The van der Waals surface area contributed by atoms with Crippen molar-refractivity contribution in [3.63, 3.8) is 0 Å². The van der Waals surface area contributed by atoms with Crippen molar-refractivity contribution in [2.45, 2.75) is 6.54 Å². The standard InChI is InChI=1S/C15H14ClFN2O/c1-18-15(20)10-2-5-13(6-3-10)19-9-11-8-12(16)4-7-14(11)17/h2-8,19H,9H2,1H3,(H,18,20). The summed E-state index contributed by atoms with van der Waals surface area (Å²) in [4.78, 5) is 11.4. The van der Waals surface area contributed by atoms with Gasteiger partial charge in [0.15, 0.2) is 0 Å². The quantitative estimate of drug-likeness (QED) is 0.906. The van der Waals surface area contributed by atoms with Gasteiger partial charge in [0.2, 0.25) is 0 Å². The summed E-state index contributed by atoms with van der Waals surface area (Å²) in [5, 5.41) is 6.13. The van der Waals surface area contributed by atoms with E-state index in [0.717, 1.165) is 5.69 Å². The van der Waals surface area contributed by atoms with Crippen molar-refractivity contribution in [3.05, 3.63) is 64.4 Å². The molecular weight excluding hydrogens is 279 g/mol. The number of nitrogens with one attached hydrogen (secondary N) is 2. The molecule has 0 aliphatic heterocycles. The Hall–Kier alpha value is -2.07. The average Bonchev–Trinajstić information content (AvgIpc) is 2.48. The first kappa shape index (κ1) is 14.3. The summed E-state index contributed by atoms with van der Waals surface area (Å²) in [5.74, 6) is -0.443. The topological polar surface area (TPSA) is 41.1 Å². The zero-order valence-corrected chi connectivity index (χ0v) is 11.7. The smallest absolute Gasteiger partial charge is 0.251 e. The van der Waals surface area contributed by atoms with Gasteiger partial charge in [-0.3, -0.25) is 4.79 Å². The summed E-state index contributed by atoms with van der Waals surface area (Å²) in [6.07, 6.45) is 0. The van der Waals surface area contributed by atoms with E-state index in [0.29, 0.717) is 22.7 Å². The molecule has 20 heavy (non-hydrogen) atoms. The van der Waals surface area contributed by atoms with E-state index >= 15 is 0 Å². The van der Waals surface area contributed by atoms with Crippen LogP contribution < -0.4 is 10.6 Å². The molecule has 0 bridgehead atoms. The molecule has 0 fully saturated rings. The molecule has 0 aliphatic carbocycles. The lowest BCUT2D eigenvalue weighted by Gasteiger charge is -2.08. The highest BCUT2D eigenvalue weighted by Gasteiger charge is 2.04. The van der Waals surface area contributed by atoms with Crippen LogP contribution in [0.3, 0.4) is 0 Å². The minimum Gasteiger partial charge on any atom is -0.381 e. The van der Waals surface area contributed by atoms with Crippen molar-refractivity contribution < 1.29 is 9.18 Å². The molecule has 0 saturated carbocycles. The minimum absolute atomic E-state index is 0.141. The lowest BCUT2D eigenvalue weighted by Crippen LogP contribution is -2.17. The molecule has 2 rings (SSSR count). The van der Waals surface area contributed by atoms with Crippen molar-refractivity contribution in [1.29, 1.82) is 0 Å². The molecule has 2 N–H and O–H groups in total. The Morgan fingerprint density at radius 3 is 2.55 bits per heavy atom. The van der Waals surface area contributed by atoms with E-state index < -0.39 is 0 Å². The normalized spacial score (nSPS) is 10.2. The molecule has 5 heteroatoms. The lowest BCUT2D eigenvalue weighted by atomic mass is 10.1. The summed E-state index contributed by atoms with van der Waals surface area (Å²) >= 11 is 5.83. The molecule has 0 spiro atoms. The van der Waals surface area contributed by atoms with Gasteiger partial charge >= 0.3 is 0 Å². The van der Waals surface area contributed by atoms with Crippen LogP contribution in [0.5, 0.6) is 0 Å². The molecule has 2 aromatic rings. The van der Waals surface area contributed by atoms with Crippen LogP contribution in [-0.2, 0) is 6.54 Å². The van der Waals surface area contributed by atoms with Gasteiger partial charge in [0, 0.05) is 35.4 Å². The van der Waals surface area contributed by atoms with Gasteiger partial charge in [-0.15, -0.1) is 0 Å². The third-order valence-electron chi connectivity index (χ3n) is 2.86. The summed E-state index contributed by atoms with van der Waals surface area (Å²) in [7, 11) is 1.58. The zero-order valence-electron chi connectivity index (χ0n) is 10.9. The maximum atomic E-state index is 13.5. The fourth-order valence-corrected chi connectivity index (χ4v) is 1.95. The third-order valence-corrected chi connectivity index (χ3v) is 3.10. The highest BCUT2D eigenvalue weighted by Crippen LogP contribution is 2.17. The van der Waals surface area contributed by atoms with E-state index in [9.17, 15) is 9.18 Å². The zero-order chi connectivity index (χ0) is 14.5. The van der Waals surface area contributed by atoms with Crippen LogP contribution in [0.15, 0.2) is 42.5 Å². The second kappa shape index (κ2) is 6.39. The molecule has 0 unspecified atom stereocenters. The lowest BCUT2D eigenvalue weighted by molar-refractivity contribution is 0.0963. The number of benzene rings is 2. The molecule has 0 aliphatic rings. The Labute approximate surface area is 121 Å². The van der Waals surface area contributed by atoms with E-state index in [1.807, 2.05) is 0 Å².